The van der Waals surface area contributed by atoms with Gasteiger partial charge in [0.05, 0.1) is 0 Å². The van der Waals surface area contributed by atoms with E-state index in [-0.39, 0.29) is 0 Å². The Hall–Kier alpha value is -0.220. The molecule has 2 aliphatic rings. The number of hydrogen-bond donors (Lipinski definition) is 1. The van der Waals surface area contributed by atoms with Gasteiger partial charge in [0.1, 0.15) is 0 Å². The molecule has 0 aliphatic carbocycles. The lowest BCUT2D eigenvalue weighted by Crippen LogP contribution is -2.57. The molecule has 0 aromatic carbocycles. The van der Waals surface area contributed by atoms with Crippen LogP contribution in [-0.2, 0) is 4.79 Å². The highest BCUT2D eigenvalue weighted by Gasteiger charge is 2.40. The van der Waals surface area contributed by atoms with Crippen molar-refractivity contribution in [1.29, 1.82) is 0 Å². The Morgan fingerprint density at radius 1 is 1.38 bits per heavy atom. The van der Waals surface area contributed by atoms with Crippen LogP contribution < -0.4 is 0 Å². The number of aliphatic carboxylic acids is 1. The van der Waals surface area contributed by atoms with Crippen molar-refractivity contribution in [3.63, 3.8) is 0 Å². The lowest BCUT2D eigenvalue weighted by atomic mass is 9.84. The summed E-state index contributed by atoms with van der Waals surface area (Å²) in [5, 5.41) is 8.89. The molecule has 2 aliphatic heterocycles. The van der Waals surface area contributed by atoms with Gasteiger partial charge in [-0.15, -0.1) is 0 Å². The van der Waals surface area contributed by atoms with E-state index in [1.165, 1.54) is 11.5 Å². The highest BCUT2D eigenvalue weighted by atomic mass is 32.2. The molecule has 0 spiro atoms. The van der Waals surface area contributed by atoms with Crippen molar-refractivity contribution in [1.82, 2.24) is 4.90 Å². The van der Waals surface area contributed by atoms with Gasteiger partial charge in [0.15, 0.2) is 0 Å². The van der Waals surface area contributed by atoms with Gasteiger partial charge in [-0.25, -0.2) is 0 Å². The molecule has 4 heteroatoms. The summed E-state index contributed by atoms with van der Waals surface area (Å²) < 4.78 is 0. The first-order valence-corrected chi connectivity index (χ1v) is 7.30. The Labute approximate surface area is 102 Å². The Bertz CT molecular complexity index is 256. The SMILES string of the molecule is CC(C)N1C2CSCC1CC(CC(=O)O)C2. The molecule has 2 atom stereocenters. The third-order valence-corrected chi connectivity index (χ3v) is 4.98. The lowest BCUT2D eigenvalue weighted by molar-refractivity contribution is -0.138. The second kappa shape index (κ2) is 4.96. The number of carboxylic acids is 1. The van der Waals surface area contributed by atoms with Gasteiger partial charge in [-0.3, -0.25) is 9.69 Å². The highest BCUT2D eigenvalue weighted by molar-refractivity contribution is 7.99. The van der Waals surface area contributed by atoms with Crippen molar-refractivity contribution in [3.05, 3.63) is 0 Å². The van der Waals surface area contributed by atoms with Crippen LogP contribution in [0.15, 0.2) is 0 Å². The van der Waals surface area contributed by atoms with Crippen LogP contribution in [0.25, 0.3) is 0 Å². The molecule has 0 aromatic heterocycles. The van der Waals surface area contributed by atoms with E-state index in [1.54, 1.807) is 0 Å². The number of carbonyl (C=O) groups is 1. The molecular weight excluding hydrogens is 222 g/mol. The molecule has 2 rings (SSSR count). The second-order valence-electron chi connectivity index (χ2n) is 5.32. The molecule has 2 heterocycles. The van der Waals surface area contributed by atoms with Gasteiger partial charge >= 0.3 is 5.97 Å². The Kier molecular flexibility index (Phi) is 3.80. The average molecular weight is 243 g/mol. The second-order valence-corrected chi connectivity index (χ2v) is 6.40. The zero-order valence-corrected chi connectivity index (χ0v) is 10.9. The standard InChI is InChI=1S/C12H21NO2S/c1-8(2)13-10-3-9(5-12(14)15)4-11(13)7-16-6-10/h8-11H,3-7H2,1-2H3,(H,14,15). The highest BCUT2D eigenvalue weighted by Crippen LogP contribution is 2.38. The molecule has 2 saturated heterocycles. The van der Waals surface area contributed by atoms with Gasteiger partial charge in [0.25, 0.3) is 0 Å². The van der Waals surface area contributed by atoms with Crippen LogP contribution >= 0.6 is 11.8 Å². The molecule has 0 saturated carbocycles. The number of rotatable bonds is 3. The van der Waals surface area contributed by atoms with Gasteiger partial charge in [-0.2, -0.15) is 11.8 Å². The maximum Gasteiger partial charge on any atom is 0.303 e. The summed E-state index contributed by atoms with van der Waals surface area (Å²) in [5.74, 6) is 2.15. The minimum absolute atomic E-state index is 0.365. The van der Waals surface area contributed by atoms with Gasteiger partial charge in [-0.05, 0) is 32.6 Å². The van der Waals surface area contributed by atoms with Crippen molar-refractivity contribution in [3.8, 4) is 0 Å². The third kappa shape index (κ3) is 2.54. The summed E-state index contributed by atoms with van der Waals surface area (Å²) in [5.41, 5.74) is 0. The summed E-state index contributed by atoms with van der Waals surface area (Å²) in [7, 11) is 0. The molecule has 16 heavy (non-hydrogen) atoms. The number of fused-ring (bicyclic) bond motifs is 2. The number of piperidine rings is 1. The van der Waals surface area contributed by atoms with Crippen LogP contribution in [0.1, 0.15) is 33.1 Å². The number of nitrogens with zero attached hydrogens (tertiary/aromatic N) is 1. The van der Waals surface area contributed by atoms with E-state index in [1.807, 2.05) is 11.8 Å². The third-order valence-electron chi connectivity index (χ3n) is 3.73. The van der Waals surface area contributed by atoms with Crippen LogP contribution in [-0.4, -0.2) is 45.6 Å². The van der Waals surface area contributed by atoms with E-state index in [0.29, 0.717) is 30.5 Å². The summed E-state index contributed by atoms with van der Waals surface area (Å²) >= 11 is 2.04. The summed E-state index contributed by atoms with van der Waals surface area (Å²) in [4.78, 5) is 13.4. The fraction of sp³-hybridized carbons (Fsp3) is 0.917. The smallest absolute Gasteiger partial charge is 0.303 e. The Morgan fingerprint density at radius 3 is 2.38 bits per heavy atom. The zero-order valence-electron chi connectivity index (χ0n) is 10.1. The largest absolute Gasteiger partial charge is 0.481 e. The molecule has 3 nitrogen and oxygen atoms in total. The minimum Gasteiger partial charge on any atom is -0.481 e. The van der Waals surface area contributed by atoms with E-state index in [9.17, 15) is 4.79 Å². The lowest BCUT2D eigenvalue weighted by Gasteiger charge is -2.50. The van der Waals surface area contributed by atoms with E-state index in [2.05, 4.69) is 18.7 Å². The van der Waals surface area contributed by atoms with Crippen molar-refractivity contribution in [2.75, 3.05) is 11.5 Å². The molecule has 0 amide bonds. The van der Waals surface area contributed by atoms with E-state index >= 15 is 0 Å². The molecule has 0 radical (unpaired) electrons. The molecule has 2 fully saturated rings. The molecular formula is C12H21NO2S. The number of carboxylic acid groups (broad SMARTS) is 1. The monoisotopic (exact) mass is 243 g/mol. The summed E-state index contributed by atoms with van der Waals surface area (Å²) in [6, 6.07) is 1.82. The zero-order chi connectivity index (χ0) is 11.7. The van der Waals surface area contributed by atoms with Crippen molar-refractivity contribution < 1.29 is 9.90 Å². The van der Waals surface area contributed by atoms with E-state index < -0.39 is 5.97 Å². The normalized spacial score (nSPS) is 35.3. The van der Waals surface area contributed by atoms with Gasteiger partial charge in [-0.1, -0.05) is 0 Å². The fourth-order valence-electron chi connectivity index (χ4n) is 3.31. The van der Waals surface area contributed by atoms with Gasteiger partial charge in [0.2, 0.25) is 0 Å². The van der Waals surface area contributed by atoms with Crippen LogP contribution in [0.3, 0.4) is 0 Å². The molecule has 0 aromatic rings. The Balaban J connectivity index is 2.02. The van der Waals surface area contributed by atoms with E-state index in [0.717, 1.165) is 12.8 Å². The van der Waals surface area contributed by atoms with Gasteiger partial charge < -0.3 is 5.11 Å². The minimum atomic E-state index is -0.631. The van der Waals surface area contributed by atoms with Crippen LogP contribution in [0.4, 0.5) is 0 Å². The maximum atomic E-state index is 10.8. The fourth-order valence-corrected chi connectivity index (χ4v) is 4.61. The number of hydrogen-bond acceptors (Lipinski definition) is 3. The predicted molar refractivity (Wildman–Crippen MR) is 66.9 cm³/mol. The molecule has 2 bridgehead atoms. The topological polar surface area (TPSA) is 40.5 Å². The predicted octanol–water partition coefficient (Wildman–Crippen LogP) is 2.07. The summed E-state index contributed by atoms with van der Waals surface area (Å²) in [6.45, 7) is 4.51. The maximum absolute atomic E-state index is 10.8. The average Bonchev–Trinajstić information content (AvgIpc) is 2.14. The van der Waals surface area contributed by atoms with E-state index in [4.69, 9.17) is 5.11 Å². The Morgan fingerprint density at radius 2 is 1.94 bits per heavy atom. The van der Waals surface area contributed by atoms with Gasteiger partial charge in [0, 0.05) is 36.1 Å². The molecule has 92 valence electrons. The first kappa shape index (κ1) is 12.2. The quantitative estimate of drug-likeness (QED) is 0.824. The first-order chi connectivity index (χ1) is 7.58. The molecule has 1 N–H and O–H groups in total. The van der Waals surface area contributed by atoms with Crippen molar-refractivity contribution in [2.45, 2.75) is 51.2 Å². The number of thioether (sulfide) groups is 1. The first-order valence-electron chi connectivity index (χ1n) is 6.15. The van der Waals surface area contributed by atoms with Crippen molar-refractivity contribution >= 4 is 17.7 Å². The van der Waals surface area contributed by atoms with Crippen LogP contribution in [0, 0.1) is 5.92 Å². The van der Waals surface area contributed by atoms with Crippen LogP contribution in [0.5, 0.6) is 0 Å². The summed E-state index contributed by atoms with van der Waals surface area (Å²) in [6.07, 6.45) is 2.52. The van der Waals surface area contributed by atoms with Crippen LogP contribution in [0.2, 0.25) is 0 Å². The molecule has 2 unspecified atom stereocenters. The van der Waals surface area contributed by atoms with Crippen molar-refractivity contribution in [2.24, 2.45) is 5.92 Å².